The Morgan fingerprint density at radius 1 is 0.244 bits per heavy atom. The molecule has 0 aromatic heterocycles. The first-order chi connectivity index (χ1) is 42.9. The summed E-state index contributed by atoms with van der Waals surface area (Å²) in [6.45, 7) is 26.8. The van der Waals surface area contributed by atoms with Crippen molar-refractivity contribution in [2.45, 2.75) is 105 Å². The van der Waals surface area contributed by atoms with Crippen molar-refractivity contribution in [3.63, 3.8) is 0 Å². The van der Waals surface area contributed by atoms with E-state index in [1.165, 1.54) is 22.3 Å². The van der Waals surface area contributed by atoms with Gasteiger partial charge in [-0.15, -0.1) is 0 Å². The van der Waals surface area contributed by atoms with Crippen molar-refractivity contribution in [3.05, 3.63) is 300 Å². The highest BCUT2D eigenvalue weighted by atomic mass is 16.2. The molecule has 0 bridgehead atoms. The van der Waals surface area contributed by atoms with E-state index in [2.05, 4.69) is 298 Å². The topological polar surface area (TPSA) is 64.7 Å². The average Bonchev–Trinajstić information content (AvgIpc) is 2.11. The number of nitrogens with zero attached hydrogens (tertiary/aromatic N) is 2. The maximum atomic E-state index is 14.0. The number of hydrogen-bond acceptors (Lipinski definition) is 4. The summed E-state index contributed by atoms with van der Waals surface area (Å²) in [7, 11) is 0. The Bertz CT molecular complexity index is 3780. The fourth-order valence-corrected chi connectivity index (χ4v) is 11.4. The smallest absolute Gasteiger partial charge is 0.255 e. The van der Waals surface area contributed by atoms with Gasteiger partial charge in [0.05, 0.1) is 0 Å². The number of carbonyl (C=O) groups is 2. The molecule has 0 aliphatic rings. The maximum absolute atomic E-state index is 14.0. The Morgan fingerprint density at radius 3 is 0.611 bits per heavy atom. The van der Waals surface area contributed by atoms with Crippen LogP contribution in [0.3, 0.4) is 0 Å². The molecule has 90 heavy (non-hydrogen) atoms. The largest absolute Gasteiger partial charge is 0.322 e. The van der Waals surface area contributed by atoms with Crippen LogP contribution in [0.15, 0.2) is 267 Å². The van der Waals surface area contributed by atoms with Crippen LogP contribution >= 0.6 is 0 Å². The molecule has 0 saturated heterocycles. The molecule has 2 N–H and O–H groups in total. The number of benzene rings is 11. The third kappa shape index (κ3) is 14.3. The van der Waals surface area contributed by atoms with Crippen molar-refractivity contribution in [2.75, 3.05) is 20.4 Å². The Kier molecular flexibility index (Phi) is 17.3. The van der Waals surface area contributed by atoms with E-state index in [0.717, 1.165) is 78.6 Å². The lowest BCUT2D eigenvalue weighted by atomic mass is 9.86. The molecule has 0 atom stereocenters. The molecule has 6 heteroatoms. The number of hydrogen-bond donors (Lipinski definition) is 2. The lowest BCUT2D eigenvalue weighted by molar-refractivity contribution is 0.102. The van der Waals surface area contributed by atoms with E-state index in [1.807, 2.05) is 48.5 Å². The minimum Gasteiger partial charge on any atom is -0.322 e. The highest BCUT2D eigenvalue weighted by Crippen LogP contribution is 2.41. The van der Waals surface area contributed by atoms with E-state index < -0.39 is 0 Å². The zero-order valence-electron chi connectivity index (χ0n) is 54.1. The van der Waals surface area contributed by atoms with Gasteiger partial charge in [-0.1, -0.05) is 235 Å². The lowest BCUT2D eigenvalue weighted by Crippen LogP contribution is -2.16. The molecule has 2 amide bonds. The van der Waals surface area contributed by atoms with Crippen LogP contribution < -0.4 is 20.4 Å². The average molecular weight is 1180 g/mol. The molecule has 0 saturated carbocycles. The number of rotatable bonds is 14. The van der Waals surface area contributed by atoms with Crippen LogP contribution in [-0.4, -0.2) is 11.8 Å². The summed E-state index contributed by atoms with van der Waals surface area (Å²) in [4.78, 5) is 32.4. The molecule has 11 aromatic rings. The second-order valence-electron chi connectivity index (χ2n) is 27.8. The molecule has 0 radical (unpaired) electrons. The summed E-state index contributed by atoms with van der Waals surface area (Å²) < 4.78 is 0. The van der Waals surface area contributed by atoms with E-state index in [4.69, 9.17) is 0 Å². The molecule has 0 fully saturated rings. The third-order valence-electron chi connectivity index (χ3n) is 17.0. The standard InChI is InChI=1S/C84H82N4O2/c1-81(2,3)67-32-16-57(17-33-67)61-24-44-73(45-25-61)87(74-46-26-62(27-47-74)58-18-34-68(35-19-58)82(4,5)6)77-52-40-71(41-53-77)85-79(89)65-14-13-15-66(56-65)80(90)86-72-42-54-78(55-43-72)88(75-48-28-63(29-49-75)59-20-36-69(37-21-59)83(7,8)9)76-50-30-64(31-51-76)60-22-38-70(39-23-60)84(10,11)12/h13-56H,1-12H3,(H,85,89)(H,86,90). The van der Waals surface area contributed by atoms with Crippen molar-refractivity contribution in [1.82, 2.24) is 0 Å². The van der Waals surface area contributed by atoms with Gasteiger partial charge in [0.25, 0.3) is 11.8 Å². The number of carbonyl (C=O) groups excluding carboxylic acids is 2. The number of amides is 2. The summed E-state index contributed by atoms with van der Waals surface area (Å²) in [5.74, 6) is -0.650. The van der Waals surface area contributed by atoms with Crippen LogP contribution in [0.4, 0.5) is 45.5 Å². The third-order valence-corrected chi connectivity index (χ3v) is 17.0. The van der Waals surface area contributed by atoms with E-state index in [-0.39, 0.29) is 33.5 Å². The van der Waals surface area contributed by atoms with Crippen molar-refractivity contribution in [1.29, 1.82) is 0 Å². The van der Waals surface area contributed by atoms with Crippen LogP contribution in [0.1, 0.15) is 126 Å². The van der Waals surface area contributed by atoms with Gasteiger partial charge in [-0.05, 0) is 204 Å². The Labute approximate surface area is 534 Å². The van der Waals surface area contributed by atoms with Gasteiger partial charge in [0.2, 0.25) is 0 Å². The van der Waals surface area contributed by atoms with Crippen molar-refractivity contribution >= 4 is 57.3 Å². The lowest BCUT2D eigenvalue weighted by Gasteiger charge is -2.26. The van der Waals surface area contributed by atoms with Crippen LogP contribution in [-0.2, 0) is 21.7 Å². The van der Waals surface area contributed by atoms with Gasteiger partial charge in [-0.2, -0.15) is 0 Å². The van der Waals surface area contributed by atoms with Gasteiger partial charge >= 0.3 is 0 Å². The van der Waals surface area contributed by atoms with E-state index in [1.54, 1.807) is 24.3 Å². The Balaban J connectivity index is 0.798. The second kappa shape index (κ2) is 25.2. The van der Waals surface area contributed by atoms with Gasteiger partial charge in [0.15, 0.2) is 0 Å². The Hall–Kier alpha value is -10.0. The summed E-state index contributed by atoms with van der Waals surface area (Å²) in [6.07, 6.45) is 0. The monoisotopic (exact) mass is 1180 g/mol. The second-order valence-corrected chi connectivity index (χ2v) is 27.8. The highest BCUT2D eigenvalue weighted by Gasteiger charge is 2.21. The van der Waals surface area contributed by atoms with E-state index >= 15 is 0 Å². The molecule has 6 nitrogen and oxygen atoms in total. The molecule has 11 aromatic carbocycles. The van der Waals surface area contributed by atoms with E-state index in [9.17, 15) is 9.59 Å². The normalized spacial score (nSPS) is 11.9. The number of anilines is 8. The quantitative estimate of drug-likeness (QED) is 0.114. The fourth-order valence-electron chi connectivity index (χ4n) is 11.4. The first-order valence-corrected chi connectivity index (χ1v) is 31.3. The van der Waals surface area contributed by atoms with Crippen molar-refractivity contribution in [3.8, 4) is 44.5 Å². The predicted octanol–water partition coefficient (Wildman–Crippen LogP) is 23.0. The predicted molar refractivity (Wildman–Crippen MR) is 381 cm³/mol. The van der Waals surface area contributed by atoms with Gasteiger partial charge in [-0.3, -0.25) is 9.59 Å². The molecular formula is C84H82N4O2. The maximum Gasteiger partial charge on any atom is 0.255 e. The SMILES string of the molecule is CC(C)(C)c1ccc(-c2ccc(N(c3ccc(NC(=O)c4cccc(C(=O)Nc5ccc(N(c6ccc(-c7ccc(C(C)(C)C)cc7)cc6)c6ccc(-c7ccc(C(C)(C)C)cc7)cc6)cc5)c4)cc3)c3ccc(-c4ccc(C(C)(C)C)cc4)cc3)cc2)cc1. The molecule has 0 unspecified atom stereocenters. The van der Waals surface area contributed by atoms with Gasteiger partial charge < -0.3 is 20.4 Å². The summed E-state index contributed by atoms with van der Waals surface area (Å²) in [5.41, 5.74) is 22.5. The molecule has 0 aliphatic carbocycles. The van der Waals surface area contributed by atoms with Crippen molar-refractivity contribution in [2.24, 2.45) is 0 Å². The van der Waals surface area contributed by atoms with Crippen LogP contribution in [0, 0.1) is 0 Å². The van der Waals surface area contributed by atoms with Crippen LogP contribution in [0.25, 0.3) is 44.5 Å². The molecule has 0 aliphatic heterocycles. The molecule has 0 spiro atoms. The highest BCUT2D eigenvalue weighted by molar-refractivity contribution is 6.09. The first-order valence-electron chi connectivity index (χ1n) is 31.3. The minimum absolute atomic E-state index is 0.0750. The first kappa shape index (κ1) is 61.6. The van der Waals surface area contributed by atoms with E-state index in [0.29, 0.717) is 22.5 Å². The minimum atomic E-state index is -0.325. The van der Waals surface area contributed by atoms with Gasteiger partial charge in [0, 0.05) is 56.6 Å². The Morgan fingerprint density at radius 2 is 0.422 bits per heavy atom. The van der Waals surface area contributed by atoms with Gasteiger partial charge in [-0.25, -0.2) is 0 Å². The fraction of sp³-hybridized carbons (Fsp3) is 0.190. The molecule has 450 valence electrons. The summed E-state index contributed by atoms with van der Waals surface area (Å²) in [6, 6.07) is 92.7. The molecule has 11 rings (SSSR count). The van der Waals surface area contributed by atoms with Gasteiger partial charge in [0.1, 0.15) is 0 Å². The zero-order valence-corrected chi connectivity index (χ0v) is 54.1. The van der Waals surface area contributed by atoms with Crippen LogP contribution in [0.5, 0.6) is 0 Å². The zero-order chi connectivity index (χ0) is 63.5. The number of nitrogens with one attached hydrogen (secondary N) is 2. The van der Waals surface area contributed by atoms with Crippen LogP contribution in [0.2, 0.25) is 0 Å². The van der Waals surface area contributed by atoms with Crippen molar-refractivity contribution < 1.29 is 9.59 Å². The molecule has 0 heterocycles. The summed E-state index contributed by atoms with van der Waals surface area (Å²) in [5, 5.41) is 6.17. The molecular weight excluding hydrogens is 1100 g/mol. The summed E-state index contributed by atoms with van der Waals surface area (Å²) >= 11 is 0.